The highest BCUT2D eigenvalue weighted by Crippen LogP contribution is 2.59. The summed E-state index contributed by atoms with van der Waals surface area (Å²) >= 11 is 0. The van der Waals surface area contributed by atoms with Gasteiger partial charge in [-0.1, -0.05) is 13.8 Å². The highest BCUT2D eigenvalue weighted by Gasteiger charge is 2.66. The van der Waals surface area contributed by atoms with Gasteiger partial charge in [0.05, 0.1) is 11.8 Å². The maximum absolute atomic E-state index is 12.6. The minimum Gasteiger partial charge on any atom is -0.481 e. The van der Waals surface area contributed by atoms with Gasteiger partial charge in [0.25, 0.3) is 0 Å². The molecule has 2 atom stereocenters. The molecular weight excluding hydrogens is 296 g/mol. The molecule has 0 radical (unpaired) electrons. The monoisotopic (exact) mass is 320 g/mol. The van der Waals surface area contributed by atoms with Crippen LogP contribution in [0.15, 0.2) is 6.33 Å². The third-order valence-corrected chi connectivity index (χ3v) is 5.52. The zero-order valence-electron chi connectivity index (χ0n) is 13.9. The van der Waals surface area contributed by atoms with Crippen LogP contribution >= 0.6 is 0 Å². The van der Waals surface area contributed by atoms with E-state index in [1.165, 1.54) is 0 Å². The van der Waals surface area contributed by atoms with E-state index in [2.05, 4.69) is 17.1 Å². The van der Waals surface area contributed by atoms with Gasteiger partial charge < -0.3 is 14.6 Å². The first kappa shape index (κ1) is 16.0. The third kappa shape index (κ3) is 2.62. The number of carbonyl (C=O) groups is 2. The van der Waals surface area contributed by atoms with E-state index >= 15 is 0 Å². The van der Waals surface area contributed by atoms with Crippen molar-refractivity contribution in [2.45, 2.75) is 46.1 Å². The normalized spacial score (nSPS) is 27.0. The van der Waals surface area contributed by atoms with Crippen molar-refractivity contribution in [1.82, 2.24) is 19.7 Å². The number of hydrogen-bond donors (Lipinski definition) is 1. The van der Waals surface area contributed by atoms with Crippen LogP contribution in [0.4, 0.5) is 0 Å². The molecule has 126 valence electrons. The lowest BCUT2D eigenvalue weighted by Gasteiger charge is -2.32. The predicted molar refractivity (Wildman–Crippen MR) is 82.6 cm³/mol. The zero-order chi connectivity index (χ0) is 16.8. The summed E-state index contributed by atoms with van der Waals surface area (Å²) in [5.41, 5.74) is -0.428. The number of amides is 1. The Bertz CT molecular complexity index is 617. The molecular formula is C16H24N4O3. The molecule has 0 unspecified atom stereocenters. The Labute approximate surface area is 135 Å². The SMILES string of the molecule is CCn1cnnc1C1CCN(C(=O)[C@@H]2[C@H](C(=O)O)C2(C)C)CC1. The Morgan fingerprint density at radius 1 is 1.30 bits per heavy atom. The van der Waals surface area contributed by atoms with Crippen LogP contribution in [0.3, 0.4) is 0 Å². The Balaban J connectivity index is 1.61. The average Bonchev–Trinajstić information content (AvgIpc) is 2.88. The van der Waals surface area contributed by atoms with Crippen LogP contribution in [-0.2, 0) is 16.1 Å². The molecule has 0 aromatic carbocycles. The number of nitrogens with zero attached hydrogens (tertiary/aromatic N) is 4. The second kappa shape index (κ2) is 5.62. The lowest BCUT2D eigenvalue weighted by molar-refractivity contribution is -0.142. The molecule has 0 spiro atoms. The average molecular weight is 320 g/mol. The molecule has 1 aliphatic heterocycles. The maximum Gasteiger partial charge on any atom is 0.307 e. The molecule has 1 saturated heterocycles. The summed E-state index contributed by atoms with van der Waals surface area (Å²) < 4.78 is 2.05. The Kier molecular flexibility index (Phi) is 3.90. The van der Waals surface area contributed by atoms with Crippen molar-refractivity contribution in [1.29, 1.82) is 0 Å². The van der Waals surface area contributed by atoms with Crippen molar-refractivity contribution < 1.29 is 14.7 Å². The fourth-order valence-electron chi connectivity index (χ4n) is 3.94. The highest BCUT2D eigenvalue weighted by atomic mass is 16.4. The topological polar surface area (TPSA) is 88.3 Å². The van der Waals surface area contributed by atoms with Gasteiger partial charge in [0.15, 0.2) is 0 Å². The summed E-state index contributed by atoms with van der Waals surface area (Å²) in [6.07, 6.45) is 3.46. The number of aromatic nitrogens is 3. The Morgan fingerprint density at radius 2 is 1.96 bits per heavy atom. The smallest absolute Gasteiger partial charge is 0.307 e. The number of hydrogen-bond acceptors (Lipinski definition) is 4. The van der Waals surface area contributed by atoms with E-state index in [-0.39, 0.29) is 11.8 Å². The number of carboxylic acids is 1. The van der Waals surface area contributed by atoms with Crippen molar-refractivity contribution in [3.63, 3.8) is 0 Å². The van der Waals surface area contributed by atoms with Crippen molar-refractivity contribution in [3.8, 4) is 0 Å². The van der Waals surface area contributed by atoms with E-state index in [0.717, 1.165) is 25.2 Å². The van der Waals surface area contributed by atoms with Crippen molar-refractivity contribution in [2.24, 2.45) is 17.3 Å². The summed E-state index contributed by atoms with van der Waals surface area (Å²) in [6.45, 7) is 7.97. The van der Waals surface area contributed by atoms with Gasteiger partial charge in [0.1, 0.15) is 12.2 Å². The van der Waals surface area contributed by atoms with Gasteiger partial charge in [-0.15, -0.1) is 10.2 Å². The molecule has 3 rings (SSSR count). The molecule has 2 aliphatic rings. The fourth-order valence-corrected chi connectivity index (χ4v) is 3.94. The summed E-state index contributed by atoms with van der Waals surface area (Å²) in [7, 11) is 0. The van der Waals surface area contributed by atoms with Gasteiger partial charge in [-0.3, -0.25) is 9.59 Å². The summed E-state index contributed by atoms with van der Waals surface area (Å²) in [4.78, 5) is 25.7. The number of carboxylic acid groups (broad SMARTS) is 1. The molecule has 0 bridgehead atoms. The van der Waals surface area contributed by atoms with Gasteiger partial charge in [-0.2, -0.15) is 0 Å². The van der Waals surface area contributed by atoms with E-state index in [4.69, 9.17) is 0 Å². The molecule has 1 aromatic rings. The van der Waals surface area contributed by atoms with Gasteiger partial charge in [-0.25, -0.2) is 0 Å². The van der Waals surface area contributed by atoms with Crippen molar-refractivity contribution in [3.05, 3.63) is 12.2 Å². The standard InChI is InChI=1S/C16H24N4O3/c1-4-19-9-17-18-13(19)10-5-7-20(8-6-10)14(21)11-12(15(22)23)16(11,2)3/h9-12H,4-8H2,1-3H3,(H,22,23)/t11-,12+/m0/s1. The van der Waals surface area contributed by atoms with Gasteiger partial charge >= 0.3 is 5.97 Å². The first-order valence-corrected chi connectivity index (χ1v) is 8.27. The van der Waals surface area contributed by atoms with Gasteiger partial charge in [-0.05, 0) is 25.2 Å². The molecule has 1 aliphatic carbocycles. The van der Waals surface area contributed by atoms with E-state index < -0.39 is 17.3 Å². The van der Waals surface area contributed by atoms with Gasteiger partial charge in [0.2, 0.25) is 5.91 Å². The van der Waals surface area contributed by atoms with Crippen LogP contribution < -0.4 is 0 Å². The molecule has 7 heteroatoms. The molecule has 2 fully saturated rings. The summed E-state index contributed by atoms with van der Waals surface area (Å²) in [5.74, 6) is -0.470. The molecule has 1 aromatic heterocycles. The molecule has 23 heavy (non-hydrogen) atoms. The van der Waals surface area contributed by atoms with Crippen molar-refractivity contribution >= 4 is 11.9 Å². The van der Waals surface area contributed by atoms with Crippen molar-refractivity contribution in [2.75, 3.05) is 13.1 Å². The van der Waals surface area contributed by atoms with E-state index in [0.29, 0.717) is 19.0 Å². The third-order valence-electron chi connectivity index (χ3n) is 5.52. The first-order valence-electron chi connectivity index (χ1n) is 8.27. The Hall–Kier alpha value is -1.92. The maximum atomic E-state index is 12.6. The zero-order valence-corrected chi connectivity index (χ0v) is 13.9. The Morgan fingerprint density at radius 3 is 2.48 bits per heavy atom. The minimum atomic E-state index is -0.862. The summed E-state index contributed by atoms with van der Waals surface area (Å²) in [5, 5.41) is 17.4. The minimum absolute atomic E-state index is 0.00203. The number of aryl methyl sites for hydroxylation is 1. The number of aliphatic carboxylic acids is 1. The molecule has 7 nitrogen and oxygen atoms in total. The van der Waals surface area contributed by atoms with E-state index in [1.807, 2.05) is 23.3 Å². The van der Waals surface area contributed by atoms with E-state index in [9.17, 15) is 14.7 Å². The lowest BCUT2D eigenvalue weighted by Crippen LogP contribution is -2.40. The quantitative estimate of drug-likeness (QED) is 0.905. The number of carbonyl (C=O) groups excluding carboxylic acids is 1. The van der Waals surface area contributed by atoms with Crippen LogP contribution in [0.5, 0.6) is 0 Å². The number of likely N-dealkylation sites (tertiary alicyclic amines) is 1. The predicted octanol–water partition coefficient (Wildman–Crippen LogP) is 1.36. The van der Waals surface area contributed by atoms with Crippen LogP contribution in [0.25, 0.3) is 0 Å². The lowest BCUT2D eigenvalue weighted by atomic mass is 9.95. The number of rotatable bonds is 4. The highest BCUT2D eigenvalue weighted by molar-refractivity contribution is 5.91. The number of piperidine rings is 1. The fraction of sp³-hybridized carbons (Fsp3) is 0.750. The van der Waals surface area contributed by atoms with Gasteiger partial charge in [0, 0.05) is 25.6 Å². The van der Waals surface area contributed by atoms with Crippen LogP contribution in [-0.4, -0.2) is 49.7 Å². The second-order valence-corrected chi connectivity index (χ2v) is 7.19. The largest absolute Gasteiger partial charge is 0.481 e. The van der Waals surface area contributed by atoms with E-state index in [1.54, 1.807) is 6.33 Å². The molecule has 1 N–H and O–H groups in total. The van der Waals surface area contributed by atoms with Crippen LogP contribution in [0, 0.1) is 17.3 Å². The van der Waals surface area contributed by atoms with Crippen LogP contribution in [0.2, 0.25) is 0 Å². The summed E-state index contributed by atoms with van der Waals surface area (Å²) in [6, 6.07) is 0. The molecule has 2 heterocycles. The first-order chi connectivity index (χ1) is 10.9. The molecule has 1 amide bonds. The van der Waals surface area contributed by atoms with Crippen LogP contribution in [0.1, 0.15) is 45.4 Å². The molecule has 1 saturated carbocycles. The second-order valence-electron chi connectivity index (χ2n) is 7.19.